The van der Waals surface area contributed by atoms with Gasteiger partial charge in [-0.15, -0.1) is 0 Å². The first-order valence-corrected chi connectivity index (χ1v) is 4.78. The van der Waals surface area contributed by atoms with Crippen molar-refractivity contribution >= 4 is 5.91 Å². The van der Waals surface area contributed by atoms with E-state index in [4.69, 9.17) is 0 Å². The Morgan fingerprint density at radius 2 is 2.40 bits per heavy atom. The Morgan fingerprint density at radius 3 is 3.00 bits per heavy atom. The minimum Gasteiger partial charge on any atom is -0.356 e. The average molecular weight is 215 g/mol. The van der Waals surface area contributed by atoms with Crippen LogP contribution < -0.4 is 5.32 Å². The number of nitrogens with zero attached hydrogens (tertiary/aromatic N) is 2. The van der Waals surface area contributed by atoms with Crippen LogP contribution in [0.2, 0.25) is 0 Å². The molecule has 0 aromatic carbocycles. The smallest absolute Gasteiger partial charge is 0.333 e. The molecule has 1 amide bonds. The Hall–Kier alpha value is -1.46. The Bertz CT molecular complexity index is 364. The highest BCUT2D eigenvalue weighted by Gasteiger charge is 2.25. The number of halogens is 2. The Morgan fingerprint density at radius 1 is 1.60 bits per heavy atom. The van der Waals surface area contributed by atoms with Gasteiger partial charge in [-0.25, -0.2) is 4.68 Å². The van der Waals surface area contributed by atoms with Gasteiger partial charge in [0.25, 0.3) is 0 Å². The van der Waals surface area contributed by atoms with Crippen molar-refractivity contribution in [1.82, 2.24) is 15.1 Å². The number of carbonyl (C=O) groups excluding carboxylic acids is 1. The highest BCUT2D eigenvalue weighted by Crippen LogP contribution is 2.24. The van der Waals surface area contributed by atoms with Crippen LogP contribution in [0.3, 0.4) is 0 Å². The normalized spacial score (nSPS) is 21.8. The third-order valence-corrected chi connectivity index (χ3v) is 2.51. The van der Waals surface area contributed by atoms with Gasteiger partial charge < -0.3 is 5.32 Å². The summed E-state index contributed by atoms with van der Waals surface area (Å²) in [7, 11) is 0. The zero-order chi connectivity index (χ0) is 10.8. The van der Waals surface area contributed by atoms with Crippen LogP contribution in [0.15, 0.2) is 12.4 Å². The van der Waals surface area contributed by atoms with E-state index in [1.807, 2.05) is 0 Å². The fraction of sp³-hybridized carbons (Fsp3) is 0.556. The van der Waals surface area contributed by atoms with Crippen LogP contribution in [0.1, 0.15) is 30.9 Å². The van der Waals surface area contributed by atoms with E-state index < -0.39 is 6.55 Å². The fourth-order valence-electron chi connectivity index (χ4n) is 1.73. The van der Waals surface area contributed by atoms with Crippen molar-refractivity contribution in [3.63, 3.8) is 0 Å². The summed E-state index contributed by atoms with van der Waals surface area (Å²) in [5, 5.41) is 6.22. The molecule has 15 heavy (non-hydrogen) atoms. The summed E-state index contributed by atoms with van der Waals surface area (Å²) in [5.74, 6) is -0.429. The van der Waals surface area contributed by atoms with Crippen molar-refractivity contribution in [1.29, 1.82) is 0 Å². The predicted octanol–water partition coefficient (Wildman–Crippen LogP) is 1.27. The summed E-state index contributed by atoms with van der Waals surface area (Å²) >= 11 is 0. The summed E-state index contributed by atoms with van der Waals surface area (Å²) in [6, 6.07) is 0. The van der Waals surface area contributed by atoms with Gasteiger partial charge in [0.1, 0.15) is 0 Å². The lowest BCUT2D eigenvalue weighted by Crippen LogP contribution is -2.34. The zero-order valence-electron chi connectivity index (χ0n) is 7.99. The number of aromatic nitrogens is 2. The fourth-order valence-corrected chi connectivity index (χ4v) is 1.73. The molecule has 0 saturated carbocycles. The third-order valence-electron chi connectivity index (χ3n) is 2.51. The van der Waals surface area contributed by atoms with Crippen molar-refractivity contribution in [2.24, 2.45) is 0 Å². The topological polar surface area (TPSA) is 46.9 Å². The van der Waals surface area contributed by atoms with Gasteiger partial charge in [0, 0.05) is 18.3 Å². The SMILES string of the molecule is O=C1NCCCC1c1cnn(C(F)F)c1. The minimum absolute atomic E-state index is 0.102. The lowest BCUT2D eigenvalue weighted by atomic mass is 9.93. The van der Waals surface area contributed by atoms with Crippen LogP contribution in [0, 0.1) is 0 Å². The minimum atomic E-state index is -2.65. The number of hydrogen-bond acceptors (Lipinski definition) is 2. The van der Waals surface area contributed by atoms with Crippen molar-refractivity contribution in [3.05, 3.63) is 18.0 Å². The highest BCUT2D eigenvalue weighted by atomic mass is 19.3. The molecule has 1 unspecified atom stereocenters. The molecule has 1 aromatic rings. The Kier molecular flexibility index (Phi) is 2.66. The number of carbonyl (C=O) groups is 1. The molecule has 2 rings (SSSR count). The van der Waals surface area contributed by atoms with Gasteiger partial charge in [-0.3, -0.25) is 4.79 Å². The quantitative estimate of drug-likeness (QED) is 0.807. The van der Waals surface area contributed by atoms with Crippen molar-refractivity contribution in [2.75, 3.05) is 6.54 Å². The van der Waals surface area contributed by atoms with E-state index in [0.29, 0.717) is 23.2 Å². The summed E-state index contributed by atoms with van der Waals surface area (Å²) < 4.78 is 25.1. The lowest BCUT2D eigenvalue weighted by molar-refractivity contribution is -0.123. The standard InChI is InChI=1S/C9H11F2N3O/c10-9(11)14-5-6(4-13-14)7-2-1-3-12-8(7)15/h4-5,7,9H,1-3H2,(H,12,15). The molecule has 2 heterocycles. The van der Waals surface area contributed by atoms with Gasteiger partial charge in [-0.05, 0) is 12.8 Å². The van der Waals surface area contributed by atoms with E-state index in [0.717, 1.165) is 6.42 Å². The summed E-state index contributed by atoms with van der Waals surface area (Å²) in [5.41, 5.74) is 0.563. The maximum Gasteiger partial charge on any atom is 0.333 e. The maximum atomic E-state index is 12.2. The molecule has 1 saturated heterocycles. The first kappa shape index (κ1) is 10.1. The van der Waals surface area contributed by atoms with Crippen molar-refractivity contribution in [2.45, 2.75) is 25.3 Å². The van der Waals surface area contributed by atoms with Crippen LogP contribution in [0.4, 0.5) is 8.78 Å². The van der Waals surface area contributed by atoms with E-state index >= 15 is 0 Å². The summed E-state index contributed by atoms with van der Waals surface area (Å²) in [6.45, 7) is -1.98. The van der Waals surface area contributed by atoms with Gasteiger partial charge >= 0.3 is 6.55 Å². The predicted molar refractivity (Wildman–Crippen MR) is 48.5 cm³/mol. The van der Waals surface area contributed by atoms with E-state index in [1.54, 1.807) is 0 Å². The van der Waals surface area contributed by atoms with Crippen molar-refractivity contribution in [3.8, 4) is 0 Å². The third kappa shape index (κ3) is 1.98. The van der Waals surface area contributed by atoms with Gasteiger partial charge in [0.05, 0.1) is 12.1 Å². The van der Waals surface area contributed by atoms with Crippen LogP contribution in [-0.2, 0) is 4.79 Å². The number of amides is 1. The molecule has 0 aliphatic carbocycles. The Balaban J connectivity index is 2.17. The second-order valence-electron chi connectivity index (χ2n) is 3.52. The van der Waals surface area contributed by atoms with Gasteiger partial charge in [-0.1, -0.05) is 0 Å². The number of rotatable bonds is 2. The molecular weight excluding hydrogens is 204 g/mol. The van der Waals surface area contributed by atoms with Crippen LogP contribution >= 0.6 is 0 Å². The van der Waals surface area contributed by atoms with Crippen LogP contribution in [-0.4, -0.2) is 22.2 Å². The van der Waals surface area contributed by atoms with Gasteiger partial charge in [-0.2, -0.15) is 13.9 Å². The molecule has 1 fully saturated rings. The number of nitrogens with one attached hydrogen (secondary N) is 1. The highest BCUT2D eigenvalue weighted by molar-refractivity contribution is 5.84. The molecule has 0 radical (unpaired) electrons. The average Bonchev–Trinajstić information content (AvgIpc) is 2.67. The largest absolute Gasteiger partial charge is 0.356 e. The molecule has 82 valence electrons. The van der Waals surface area contributed by atoms with Crippen LogP contribution in [0.25, 0.3) is 0 Å². The molecule has 6 heteroatoms. The van der Waals surface area contributed by atoms with E-state index in [-0.39, 0.29) is 11.8 Å². The van der Waals surface area contributed by atoms with E-state index in [9.17, 15) is 13.6 Å². The second kappa shape index (κ2) is 3.96. The molecule has 1 aliphatic heterocycles. The molecule has 0 spiro atoms. The summed E-state index contributed by atoms with van der Waals surface area (Å²) in [4.78, 5) is 11.4. The molecule has 1 aromatic heterocycles. The molecule has 1 aliphatic rings. The molecule has 1 N–H and O–H groups in total. The van der Waals surface area contributed by atoms with E-state index in [2.05, 4.69) is 10.4 Å². The van der Waals surface area contributed by atoms with Gasteiger partial charge in [0.2, 0.25) is 5.91 Å². The molecule has 4 nitrogen and oxygen atoms in total. The first-order chi connectivity index (χ1) is 7.18. The lowest BCUT2D eigenvalue weighted by Gasteiger charge is -2.20. The number of alkyl halides is 2. The summed E-state index contributed by atoms with van der Waals surface area (Å²) in [6.07, 6.45) is 4.14. The molecule has 1 atom stereocenters. The monoisotopic (exact) mass is 215 g/mol. The van der Waals surface area contributed by atoms with Crippen LogP contribution in [0.5, 0.6) is 0 Å². The number of piperidine rings is 1. The molecule has 0 bridgehead atoms. The second-order valence-corrected chi connectivity index (χ2v) is 3.52. The van der Waals surface area contributed by atoms with E-state index in [1.165, 1.54) is 12.4 Å². The Labute approximate surface area is 85.3 Å². The zero-order valence-corrected chi connectivity index (χ0v) is 7.99. The maximum absolute atomic E-state index is 12.2. The van der Waals surface area contributed by atoms with Gasteiger partial charge in [0.15, 0.2) is 0 Å². The first-order valence-electron chi connectivity index (χ1n) is 4.78. The molecular formula is C9H11F2N3O. The number of hydrogen-bond donors (Lipinski definition) is 1. The van der Waals surface area contributed by atoms with Crippen molar-refractivity contribution < 1.29 is 13.6 Å².